The third kappa shape index (κ3) is 5.88. The fraction of sp³-hybridized carbons (Fsp3) is 0.375. The molecule has 1 heterocycles. The second-order valence-electron chi connectivity index (χ2n) is 7.97. The smallest absolute Gasteiger partial charge is 0.230 e. The van der Waals surface area contributed by atoms with Crippen LogP contribution in [-0.4, -0.2) is 32.5 Å². The number of aromatic nitrogens is 3. The molecule has 1 amide bonds. The summed E-state index contributed by atoms with van der Waals surface area (Å²) in [6.07, 6.45) is 0. The van der Waals surface area contributed by atoms with Gasteiger partial charge in [0.15, 0.2) is 11.0 Å². The van der Waals surface area contributed by atoms with E-state index in [4.69, 9.17) is 4.74 Å². The number of thioether (sulfide) groups is 1. The van der Waals surface area contributed by atoms with Gasteiger partial charge in [-0.1, -0.05) is 62.0 Å². The molecular formula is C24H30N4O2S. The molecule has 3 aromatic rings. The van der Waals surface area contributed by atoms with Crippen LogP contribution in [0, 0.1) is 19.8 Å². The molecule has 7 heteroatoms. The molecule has 0 aliphatic rings. The number of para-hydroxylation sites is 2. The number of nitrogens with zero attached hydrogens (tertiary/aromatic N) is 3. The highest BCUT2D eigenvalue weighted by Crippen LogP contribution is 2.26. The lowest BCUT2D eigenvalue weighted by atomic mass is 10.1. The van der Waals surface area contributed by atoms with E-state index >= 15 is 0 Å². The second-order valence-corrected chi connectivity index (χ2v) is 8.91. The topological polar surface area (TPSA) is 69.0 Å². The molecule has 0 fully saturated rings. The third-order valence-corrected chi connectivity index (χ3v) is 6.12. The number of amides is 1. The maximum Gasteiger partial charge on any atom is 0.230 e. The lowest BCUT2D eigenvalue weighted by Gasteiger charge is -2.17. The zero-order valence-electron chi connectivity index (χ0n) is 18.8. The Labute approximate surface area is 188 Å². The summed E-state index contributed by atoms with van der Waals surface area (Å²) < 4.78 is 8.08. The SMILES string of the molecule is Cc1cccc(C)c1OCc1nnc(SCC(=O)NC(C)C(C)C)n1-c1ccccc1. The molecule has 0 saturated carbocycles. The number of rotatable bonds is 9. The molecule has 2 aromatic carbocycles. The van der Waals surface area contributed by atoms with Crippen molar-refractivity contribution in [1.82, 2.24) is 20.1 Å². The standard InChI is InChI=1S/C24H30N4O2S/c1-16(2)19(5)25-22(29)15-31-24-27-26-21(28(24)20-12-7-6-8-13-20)14-30-23-17(3)10-9-11-18(23)4/h6-13,16,19H,14-15H2,1-5H3,(H,25,29). The Balaban J connectivity index is 1.79. The lowest BCUT2D eigenvalue weighted by molar-refractivity contribution is -0.119. The van der Waals surface area contributed by atoms with Gasteiger partial charge in [0.2, 0.25) is 5.91 Å². The van der Waals surface area contributed by atoms with Gasteiger partial charge in [-0.25, -0.2) is 0 Å². The summed E-state index contributed by atoms with van der Waals surface area (Å²) in [4.78, 5) is 12.4. The molecule has 0 bridgehead atoms. The van der Waals surface area contributed by atoms with Crippen LogP contribution < -0.4 is 10.1 Å². The van der Waals surface area contributed by atoms with E-state index in [1.807, 2.05) is 73.9 Å². The fourth-order valence-corrected chi connectivity index (χ4v) is 3.86. The van der Waals surface area contributed by atoms with Crippen molar-refractivity contribution in [2.24, 2.45) is 5.92 Å². The van der Waals surface area contributed by atoms with Crippen LogP contribution in [0.25, 0.3) is 5.69 Å². The summed E-state index contributed by atoms with van der Waals surface area (Å²) in [5, 5.41) is 12.4. The first kappa shape index (κ1) is 22.9. The monoisotopic (exact) mass is 438 g/mol. The van der Waals surface area contributed by atoms with Crippen LogP contribution in [-0.2, 0) is 11.4 Å². The number of nitrogens with one attached hydrogen (secondary N) is 1. The zero-order chi connectivity index (χ0) is 22.4. The molecule has 31 heavy (non-hydrogen) atoms. The Morgan fingerprint density at radius 2 is 1.71 bits per heavy atom. The normalized spacial score (nSPS) is 12.1. The molecule has 0 aliphatic carbocycles. The Hall–Kier alpha value is -2.80. The Morgan fingerprint density at radius 3 is 2.35 bits per heavy atom. The predicted molar refractivity (Wildman–Crippen MR) is 125 cm³/mol. The number of hydrogen-bond donors (Lipinski definition) is 1. The van der Waals surface area contributed by atoms with E-state index in [1.54, 1.807) is 0 Å². The van der Waals surface area contributed by atoms with Crippen molar-refractivity contribution < 1.29 is 9.53 Å². The molecule has 0 aliphatic heterocycles. The van der Waals surface area contributed by atoms with Gasteiger partial charge in [0.1, 0.15) is 12.4 Å². The number of ether oxygens (including phenoxy) is 1. The molecule has 3 rings (SSSR count). The summed E-state index contributed by atoms with van der Waals surface area (Å²) in [6.45, 7) is 10.5. The summed E-state index contributed by atoms with van der Waals surface area (Å²) >= 11 is 1.37. The van der Waals surface area contributed by atoms with Crippen LogP contribution in [0.15, 0.2) is 53.7 Å². The number of hydrogen-bond acceptors (Lipinski definition) is 5. The van der Waals surface area contributed by atoms with E-state index in [9.17, 15) is 4.79 Å². The Bertz CT molecular complexity index is 997. The molecule has 0 spiro atoms. The number of carbonyl (C=O) groups excluding carboxylic acids is 1. The lowest BCUT2D eigenvalue weighted by Crippen LogP contribution is -2.37. The predicted octanol–water partition coefficient (Wildman–Crippen LogP) is 4.72. The Kier molecular flexibility index (Phi) is 7.74. The minimum Gasteiger partial charge on any atom is -0.485 e. The van der Waals surface area contributed by atoms with Crippen molar-refractivity contribution in [3.8, 4) is 11.4 Å². The van der Waals surface area contributed by atoms with E-state index in [1.165, 1.54) is 11.8 Å². The van der Waals surface area contributed by atoms with Crippen LogP contribution >= 0.6 is 11.8 Å². The van der Waals surface area contributed by atoms with E-state index in [-0.39, 0.29) is 24.3 Å². The summed E-state index contributed by atoms with van der Waals surface area (Å²) in [5.74, 6) is 2.20. The van der Waals surface area contributed by atoms with Crippen LogP contribution in [0.5, 0.6) is 5.75 Å². The van der Waals surface area contributed by atoms with Gasteiger partial charge in [-0.3, -0.25) is 9.36 Å². The minimum absolute atomic E-state index is 0.0119. The average Bonchev–Trinajstić information content (AvgIpc) is 3.15. The minimum atomic E-state index is -0.0119. The van der Waals surface area contributed by atoms with Crippen LogP contribution in [0.2, 0.25) is 0 Å². The van der Waals surface area contributed by atoms with E-state index in [0.29, 0.717) is 16.9 Å². The molecule has 1 unspecified atom stereocenters. The van der Waals surface area contributed by atoms with Gasteiger partial charge < -0.3 is 10.1 Å². The molecule has 0 saturated heterocycles. The van der Waals surface area contributed by atoms with Gasteiger partial charge >= 0.3 is 0 Å². The fourth-order valence-electron chi connectivity index (χ4n) is 3.08. The van der Waals surface area contributed by atoms with Crippen LogP contribution in [0.4, 0.5) is 0 Å². The number of aryl methyl sites for hydroxylation is 2. The molecule has 0 radical (unpaired) electrons. The second kappa shape index (κ2) is 10.5. The highest BCUT2D eigenvalue weighted by molar-refractivity contribution is 7.99. The first-order valence-corrected chi connectivity index (χ1v) is 11.5. The number of benzene rings is 2. The first-order chi connectivity index (χ1) is 14.9. The number of carbonyl (C=O) groups is 1. The van der Waals surface area contributed by atoms with Crippen molar-refractivity contribution >= 4 is 17.7 Å². The van der Waals surface area contributed by atoms with Gasteiger partial charge in [0.25, 0.3) is 0 Å². The molecule has 6 nitrogen and oxygen atoms in total. The molecule has 1 aromatic heterocycles. The summed E-state index contributed by atoms with van der Waals surface area (Å²) in [6, 6.07) is 16.1. The maximum atomic E-state index is 12.4. The van der Waals surface area contributed by atoms with Gasteiger partial charge in [-0.05, 0) is 49.9 Å². The molecular weight excluding hydrogens is 408 g/mol. The van der Waals surface area contributed by atoms with E-state index in [0.717, 1.165) is 22.6 Å². The van der Waals surface area contributed by atoms with Crippen molar-refractivity contribution in [2.45, 2.75) is 52.4 Å². The van der Waals surface area contributed by atoms with Crippen molar-refractivity contribution in [1.29, 1.82) is 0 Å². The zero-order valence-corrected chi connectivity index (χ0v) is 19.6. The average molecular weight is 439 g/mol. The third-order valence-electron chi connectivity index (χ3n) is 5.19. The van der Waals surface area contributed by atoms with Crippen LogP contribution in [0.3, 0.4) is 0 Å². The Morgan fingerprint density at radius 1 is 1.03 bits per heavy atom. The van der Waals surface area contributed by atoms with Gasteiger partial charge in [-0.15, -0.1) is 10.2 Å². The van der Waals surface area contributed by atoms with Gasteiger partial charge in [-0.2, -0.15) is 0 Å². The molecule has 1 N–H and O–H groups in total. The maximum absolute atomic E-state index is 12.4. The molecule has 1 atom stereocenters. The van der Waals surface area contributed by atoms with E-state index < -0.39 is 0 Å². The highest BCUT2D eigenvalue weighted by atomic mass is 32.2. The van der Waals surface area contributed by atoms with Crippen molar-refractivity contribution in [3.05, 3.63) is 65.5 Å². The first-order valence-electron chi connectivity index (χ1n) is 10.5. The summed E-state index contributed by atoms with van der Waals surface area (Å²) in [5.41, 5.74) is 3.10. The summed E-state index contributed by atoms with van der Waals surface area (Å²) in [7, 11) is 0. The van der Waals surface area contributed by atoms with Crippen molar-refractivity contribution in [3.63, 3.8) is 0 Å². The largest absolute Gasteiger partial charge is 0.485 e. The van der Waals surface area contributed by atoms with Gasteiger partial charge in [0.05, 0.1) is 5.75 Å². The van der Waals surface area contributed by atoms with Gasteiger partial charge in [0, 0.05) is 11.7 Å². The van der Waals surface area contributed by atoms with E-state index in [2.05, 4.69) is 29.4 Å². The highest BCUT2D eigenvalue weighted by Gasteiger charge is 2.18. The molecule has 164 valence electrons. The van der Waals surface area contributed by atoms with Crippen molar-refractivity contribution in [2.75, 3.05) is 5.75 Å². The van der Waals surface area contributed by atoms with Crippen LogP contribution in [0.1, 0.15) is 37.7 Å². The quantitative estimate of drug-likeness (QED) is 0.490.